The zero-order chi connectivity index (χ0) is 7.41. The minimum Gasteiger partial charge on any atom is -0.396 e. The summed E-state index contributed by atoms with van der Waals surface area (Å²) in [6, 6.07) is 0. The summed E-state index contributed by atoms with van der Waals surface area (Å²) >= 11 is 0. The van der Waals surface area contributed by atoms with Crippen LogP contribution in [0.4, 0.5) is 8.78 Å². The highest BCUT2D eigenvalue weighted by Crippen LogP contribution is 2.75. The van der Waals surface area contributed by atoms with Gasteiger partial charge in [-0.15, -0.1) is 0 Å². The lowest BCUT2D eigenvalue weighted by atomic mass is 9.35. The van der Waals surface area contributed by atoms with Crippen LogP contribution in [0.1, 0.15) is 19.3 Å². The summed E-state index contributed by atoms with van der Waals surface area (Å²) in [7, 11) is 0. The standard InChI is InChI=1S/C7H10F2O/c8-5(9)7-1-6(2-7,3-7)4-10/h5,10H,1-4H2. The lowest BCUT2D eigenvalue weighted by Gasteiger charge is -2.69. The number of alkyl halides is 2. The van der Waals surface area contributed by atoms with Crippen LogP contribution in [0, 0.1) is 10.8 Å². The molecule has 1 nitrogen and oxygen atoms in total. The van der Waals surface area contributed by atoms with Gasteiger partial charge in [0.1, 0.15) is 0 Å². The molecule has 0 amide bonds. The molecule has 0 aromatic carbocycles. The van der Waals surface area contributed by atoms with Crippen LogP contribution in [0.5, 0.6) is 0 Å². The van der Waals surface area contributed by atoms with Crippen LogP contribution in [0.2, 0.25) is 0 Å². The molecule has 0 aromatic rings. The van der Waals surface area contributed by atoms with Crippen molar-refractivity contribution in [1.82, 2.24) is 0 Å². The molecule has 0 unspecified atom stereocenters. The molecule has 0 saturated heterocycles. The first kappa shape index (κ1) is 6.53. The summed E-state index contributed by atoms with van der Waals surface area (Å²) in [6.45, 7) is 0.0987. The maximum atomic E-state index is 12.1. The van der Waals surface area contributed by atoms with Crippen molar-refractivity contribution >= 4 is 0 Å². The van der Waals surface area contributed by atoms with Gasteiger partial charge in [0.15, 0.2) is 0 Å². The van der Waals surface area contributed by atoms with Gasteiger partial charge in [0.25, 0.3) is 0 Å². The maximum absolute atomic E-state index is 12.1. The Hall–Kier alpha value is -0.180. The maximum Gasteiger partial charge on any atom is 0.244 e. The monoisotopic (exact) mass is 148 g/mol. The third-order valence-corrected chi connectivity index (χ3v) is 2.98. The Balaban J connectivity index is 1.98. The Morgan fingerprint density at radius 2 is 1.80 bits per heavy atom. The van der Waals surface area contributed by atoms with Crippen LogP contribution in [0.3, 0.4) is 0 Å². The van der Waals surface area contributed by atoms with E-state index in [2.05, 4.69) is 0 Å². The van der Waals surface area contributed by atoms with Crippen LogP contribution < -0.4 is 0 Å². The number of aliphatic hydroxyl groups excluding tert-OH is 1. The highest BCUT2D eigenvalue weighted by atomic mass is 19.3. The number of hydrogen-bond acceptors (Lipinski definition) is 1. The summed E-state index contributed by atoms with van der Waals surface area (Å²) in [4.78, 5) is 0. The van der Waals surface area contributed by atoms with Crippen LogP contribution >= 0.6 is 0 Å². The molecule has 58 valence electrons. The summed E-state index contributed by atoms with van der Waals surface area (Å²) < 4.78 is 24.3. The largest absolute Gasteiger partial charge is 0.396 e. The quantitative estimate of drug-likeness (QED) is 0.627. The highest BCUT2D eigenvalue weighted by molar-refractivity contribution is 5.17. The van der Waals surface area contributed by atoms with E-state index in [1.165, 1.54) is 0 Å². The van der Waals surface area contributed by atoms with Gasteiger partial charge in [-0.2, -0.15) is 0 Å². The van der Waals surface area contributed by atoms with E-state index in [9.17, 15) is 8.78 Å². The van der Waals surface area contributed by atoms with Crippen molar-refractivity contribution in [3.63, 3.8) is 0 Å². The van der Waals surface area contributed by atoms with Crippen LogP contribution in [0.25, 0.3) is 0 Å². The summed E-state index contributed by atoms with van der Waals surface area (Å²) in [6.07, 6.45) is -0.517. The molecule has 3 fully saturated rings. The van der Waals surface area contributed by atoms with Crippen LogP contribution in [-0.2, 0) is 0 Å². The first-order valence-corrected chi connectivity index (χ1v) is 3.52. The smallest absolute Gasteiger partial charge is 0.244 e. The van der Waals surface area contributed by atoms with Crippen molar-refractivity contribution in [2.24, 2.45) is 10.8 Å². The van der Waals surface area contributed by atoms with E-state index in [0.717, 1.165) is 0 Å². The molecule has 0 atom stereocenters. The summed E-state index contributed by atoms with van der Waals surface area (Å²) in [5.74, 6) is 0. The van der Waals surface area contributed by atoms with Crippen LogP contribution in [0.15, 0.2) is 0 Å². The Bertz CT molecular complexity index is 147. The van der Waals surface area contributed by atoms with Crippen molar-refractivity contribution in [3.05, 3.63) is 0 Å². The fraction of sp³-hybridized carbons (Fsp3) is 1.00. The van der Waals surface area contributed by atoms with E-state index in [1.807, 2.05) is 0 Å². The van der Waals surface area contributed by atoms with E-state index < -0.39 is 11.8 Å². The average Bonchev–Trinajstić information content (AvgIpc) is 1.57. The molecule has 0 radical (unpaired) electrons. The van der Waals surface area contributed by atoms with Gasteiger partial charge in [-0.05, 0) is 24.7 Å². The van der Waals surface area contributed by atoms with Crippen molar-refractivity contribution in [1.29, 1.82) is 0 Å². The first-order valence-electron chi connectivity index (χ1n) is 3.52. The lowest BCUT2D eigenvalue weighted by molar-refractivity contribution is -0.278. The zero-order valence-corrected chi connectivity index (χ0v) is 5.61. The minimum absolute atomic E-state index is 0.0730. The highest BCUT2D eigenvalue weighted by Gasteiger charge is 2.71. The molecule has 3 saturated carbocycles. The van der Waals surface area contributed by atoms with E-state index in [1.54, 1.807) is 0 Å². The molecule has 0 aliphatic heterocycles. The molecule has 0 aromatic heterocycles. The molecule has 3 rings (SSSR count). The Labute approximate surface area is 58.0 Å². The molecule has 1 N–H and O–H groups in total. The molecule has 0 heterocycles. The van der Waals surface area contributed by atoms with Crippen molar-refractivity contribution in [2.75, 3.05) is 6.61 Å². The Morgan fingerprint density at radius 1 is 1.30 bits per heavy atom. The topological polar surface area (TPSA) is 20.2 Å². The van der Waals surface area contributed by atoms with E-state index in [4.69, 9.17) is 5.11 Å². The molecule has 10 heavy (non-hydrogen) atoms. The predicted molar refractivity (Wildman–Crippen MR) is 31.8 cm³/mol. The summed E-state index contributed by atoms with van der Waals surface area (Å²) in [5.41, 5.74) is -0.737. The second kappa shape index (κ2) is 1.52. The minimum atomic E-state index is -2.17. The lowest BCUT2D eigenvalue weighted by Crippen LogP contribution is -2.66. The van der Waals surface area contributed by atoms with E-state index in [-0.39, 0.29) is 12.0 Å². The van der Waals surface area contributed by atoms with Gasteiger partial charge in [0, 0.05) is 12.0 Å². The number of hydrogen-bond donors (Lipinski definition) is 1. The van der Waals surface area contributed by atoms with Gasteiger partial charge >= 0.3 is 0 Å². The third kappa shape index (κ3) is 0.506. The second-order valence-electron chi connectivity index (χ2n) is 3.85. The van der Waals surface area contributed by atoms with Crippen LogP contribution in [-0.4, -0.2) is 18.1 Å². The Morgan fingerprint density at radius 3 is 2.10 bits per heavy atom. The first-order chi connectivity index (χ1) is 4.63. The second-order valence-corrected chi connectivity index (χ2v) is 3.85. The fourth-order valence-electron chi connectivity index (χ4n) is 2.48. The van der Waals surface area contributed by atoms with Gasteiger partial charge in [0.2, 0.25) is 6.43 Å². The zero-order valence-electron chi connectivity index (χ0n) is 5.61. The Kier molecular flexibility index (Phi) is 0.994. The van der Waals surface area contributed by atoms with Crippen molar-refractivity contribution < 1.29 is 13.9 Å². The number of rotatable bonds is 2. The van der Waals surface area contributed by atoms with Gasteiger partial charge in [-0.25, -0.2) is 8.78 Å². The average molecular weight is 148 g/mol. The van der Waals surface area contributed by atoms with Gasteiger partial charge in [-0.1, -0.05) is 0 Å². The van der Waals surface area contributed by atoms with Gasteiger partial charge in [-0.3, -0.25) is 0 Å². The normalized spacial score (nSPS) is 50.4. The third-order valence-electron chi connectivity index (χ3n) is 2.98. The molecule has 3 aliphatic rings. The SMILES string of the molecule is OCC12CC(C(F)F)(C1)C2. The van der Waals surface area contributed by atoms with Crippen molar-refractivity contribution in [3.8, 4) is 0 Å². The fourth-order valence-corrected chi connectivity index (χ4v) is 2.48. The van der Waals surface area contributed by atoms with E-state index in [0.29, 0.717) is 19.3 Å². The molecule has 3 aliphatic carbocycles. The summed E-state index contributed by atoms with van der Waals surface area (Å²) in [5, 5.41) is 8.73. The number of aliphatic hydroxyl groups is 1. The molecular formula is C7H10F2O. The predicted octanol–water partition coefficient (Wildman–Crippen LogP) is 1.41. The van der Waals surface area contributed by atoms with Crippen molar-refractivity contribution in [2.45, 2.75) is 25.7 Å². The molecule has 2 bridgehead atoms. The van der Waals surface area contributed by atoms with Gasteiger partial charge in [0.05, 0.1) is 0 Å². The molecular weight excluding hydrogens is 138 g/mol. The molecule has 3 heteroatoms. The van der Waals surface area contributed by atoms with E-state index >= 15 is 0 Å². The molecule has 0 spiro atoms. The van der Waals surface area contributed by atoms with Gasteiger partial charge < -0.3 is 5.11 Å². The number of halogens is 2.